The molecule has 1 aromatic rings. The lowest BCUT2D eigenvalue weighted by atomic mass is 10.2. The summed E-state index contributed by atoms with van der Waals surface area (Å²) in [6.07, 6.45) is 4.04. The minimum absolute atomic E-state index is 0.0219. The van der Waals surface area contributed by atoms with Crippen molar-refractivity contribution in [3.05, 3.63) is 23.6 Å². The largest absolute Gasteiger partial charge is 0.396 e. The number of aliphatic hydroxyl groups is 1. The number of aromatic nitrogens is 1. The molecule has 0 saturated heterocycles. The average molecular weight is 240 g/mol. The molecule has 0 unspecified atom stereocenters. The van der Waals surface area contributed by atoms with E-state index < -0.39 is 0 Å². The number of aliphatic hydroxyl groups excluding tert-OH is 1. The maximum absolute atomic E-state index is 13.9. The van der Waals surface area contributed by atoms with E-state index >= 15 is 0 Å². The zero-order chi connectivity index (χ0) is 12.7. The van der Waals surface area contributed by atoms with Crippen LogP contribution in [0.25, 0.3) is 0 Å². The second-order valence-corrected chi connectivity index (χ2v) is 4.11. The Morgan fingerprint density at radius 3 is 2.41 bits per heavy atom. The summed E-state index contributed by atoms with van der Waals surface area (Å²) in [5.74, 6) is 0.133. The van der Waals surface area contributed by atoms with Crippen molar-refractivity contribution < 1.29 is 9.50 Å². The van der Waals surface area contributed by atoms with Crippen molar-refractivity contribution in [2.75, 3.05) is 24.6 Å². The predicted octanol–water partition coefficient (Wildman–Crippen LogP) is 2.38. The van der Waals surface area contributed by atoms with Crippen molar-refractivity contribution in [2.45, 2.75) is 33.1 Å². The maximum Gasteiger partial charge on any atom is 0.165 e. The second-order valence-electron chi connectivity index (χ2n) is 4.11. The predicted molar refractivity (Wildman–Crippen MR) is 67.8 cm³/mol. The number of pyridine rings is 1. The smallest absolute Gasteiger partial charge is 0.165 e. The minimum atomic E-state index is -0.294. The summed E-state index contributed by atoms with van der Waals surface area (Å²) < 4.78 is 13.9. The molecule has 0 fully saturated rings. The topological polar surface area (TPSA) is 36.4 Å². The van der Waals surface area contributed by atoms with E-state index in [9.17, 15) is 4.39 Å². The number of halogens is 1. The van der Waals surface area contributed by atoms with E-state index in [4.69, 9.17) is 5.11 Å². The van der Waals surface area contributed by atoms with Gasteiger partial charge in [-0.1, -0.05) is 13.8 Å². The molecule has 4 heteroatoms. The van der Waals surface area contributed by atoms with Crippen LogP contribution < -0.4 is 4.90 Å². The van der Waals surface area contributed by atoms with Crippen molar-refractivity contribution in [2.24, 2.45) is 0 Å². The first kappa shape index (κ1) is 13.9. The van der Waals surface area contributed by atoms with Crippen LogP contribution in [0.3, 0.4) is 0 Å². The van der Waals surface area contributed by atoms with Crippen molar-refractivity contribution in [1.29, 1.82) is 0 Å². The fraction of sp³-hybridized carbons (Fsp3) is 0.615. The van der Waals surface area contributed by atoms with Crippen LogP contribution in [0, 0.1) is 5.82 Å². The molecule has 0 aliphatic rings. The van der Waals surface area contributed by atoms with E-state index in [0.29, 0.717) is 12.2 Å². The quantitative estimate of drug-likeness (QED) is 0.795. The molecule has 96 valence electrons. The Morgan fingerprint density at radius 2 is 1.94 bits per heavy atom. The highest BCUT2D eigenvalue weighted by atomic mass is 19.1. The van der Waals surface area contributed by atoms with Crippen molar-refractivity contribution in [3.8, 4) is 0 Å². The SMILES string of the molecule is CCCN(CCC)c1ncc(CCO)cc1F. The lowest BCUT2D eigenvalue weighted by molar-refractivity contribution is 0.299. The normalized spacial score (nSPS) is 10.6. The zero-order valence-corrected chi connectivity index (χ0v) is 10.6. The van der Waals surface area contributed by atoms with Crippen molar-refractivity contribution >= 4 is 5.82 Å². The lowest BCUT2D eigenvalue weighted by Gasteiger charge is -2.23. The summed E-state index contributed by atoms with van der Waals surface area (Å²) in [4.78, 5) is 6.14. The third kappa shape index (κ3) is 3.97. The van der Waals surface area contributed by atoms with Crippen LogP contribution in [0.1, 0.15) is 32.3 Å². The first-order chi connectivity index (χ1) is 8.22. The van der Waals surface area contributed by atoms with Gasteiger partial charge >= 0.3 is 0 Å². The van der Waals surface area contributed by atoms with Crippen LogP contribution >= 0.6 is 0 Å². The van der Waals surface area contributed by atoms with Crippen LogP contribution in [0.4, 0.5) is 10.2 Å². The van der Waals surface area contributed by atoms with E-state index in [1.54, 1.807) is 6.20 Å². The van der Waals surface area contributed by atoms with Gasteiger partial charge in [0, 0.05) is 25.9 Å². The van der Waals surface area contributed by atoms with Gasteiger partial charge in [-0.25, -0.2) is 9.37 Å². The summed E-state index contributed by atoms with van der Waals surface area (Å²) in [5.41, 5.74) is 0.738. The van der Waals surface area contributed by atoms with E-state index in [1.807, 2.05) is 4.90 Å². The molecular weight excluding hydrogens is 219 g/mol. The number of hydrogen-bond donors (Lipinski definition) is 1. The highest BCUT2D eigenvalue weighted by Gasteiger charge is 2.12. The fourth-order valence-corrected chi connectivity index (χ4v) is 1.83. The Hall–Kier alpha value is -1.16. The van der Waals surface area contributed by atoms with Crippen LogP contribution in [-0.4, -0.2) is 29.8 Å². The zero-order valence-electron chi connectivity index (χ0n) is 10.6. The van der Waals surface area contributed by atoms with Gasteiger partial charge in [-0.15, -0.1) is 0 Å². The summed E-state index contributed by atoms with van der Waals surface area (Å²) >= 11 is 0. The van der Waals surface area contributed by atoms with E-state index in [2.05, 4.69) is 18.8 Å². The Balaban J connectivity index is 2.87. The summed E-state index contributed by atoms with van der Waals surface area (Å²) in [5, 5.41) is 8.80. The molecule has 0 aliphatic heterocycles. The summed E-state index contributed by atoms with van der Waals surface area (Å²) in [6, 6.07) is 1.47. The van der Waals surface area contributed by atoms with Gasteiger partial charge in [0.05, 0.1) is 0 Å². The minimum Gasteiger partial charge on any atom is -0.396 e. The van der Waals surface area contributed by atoms with E-state index in [1.165, 1.54) is 6.07 Å². The highest BCUT2D eigenvalue weighted by molar-refractivity contribution is 5.41. The molecule has 0 bridgehead atoms. The third-order valence-electron chi connectivity index (χ3n) is 2.57. The van der Waals surface area contributed by atoms with Gasteiger partial charge in [-0.3, -0.25) is 0 Å². The second kappa shape index (κ2) is 7.22. The number of nitrogens with zero attached hydrogens (tertiary/aromatic N) is 2. The van der Waals surface area contributed by atoms with Gasteiger partial charge < -0.3 is 10.0 Å². The molecule has 1 N–H and O–H groups in total. The van der Waals surface area contributed by atoms with Gasteiger partial charge in [0.25, 0.3) is 0 Å². The molecule has 17 heavy (non-hydrogen) atoms. The lowest BCUT2D eigenvalue weighted by Crippen LogP contribution is -2.27. The van der Waals surface area contributed by atoms with E-state index in [-0.39, 0.29) is 12.4 Å². The molecule has 0 saturated carbocycles. The average Bonchev–Trinajstić information content (AvgIpc) is 2.29. The molecule has 1 rings (SSSR count). The Morgan fingerprint density at radius 1 is 1.29 bits per heavy atom. The summed E-state index contributed by atoms with van der Waals surface area (Å²) in [6.45, 7) is 5.80. The van der Waals surface area contributed by atoms with E-state index in [0.717, 1.165) is 31.5 Å². The molecule has 0 amide bonds. The fourth-order valence-electron chi connectivity index (χ4n) is 1.83. The Kier molecular flexibility index (Phi) is 5.91. The molecule has 0 aromatic carbocycles. The Bertz CT molecular complexity index is 338. The summed E-state index contributed by atoms with van der Waals surface area (Å²) in [7, 11) is 0. The van der Waals surface area contributed by atoms with Gasteiger partial charge in [-0.2, -0.15) is 0 Å². The molecule has 0 radical (unpaired) electrons. The molecule has 1 aromatic heterocycles. The first-order valence-electron chi connectivity index (χ1n) is 6.23. The van der Waals surface area contributed by atoms with Gasteiger partial charge in [0.1, 0.15) is 0 Å². The Labute approximate surface area is 102 Å². The number of anilines is 1. The molecule has 3 nitrogen and oxygen atoms in total. The van der Waals surface area contributed by atoms with Crippen LogP contribution in [-0.2, 0) is 6.42 Å². The number of rotatable bonds is 7. The standard InChI is InChI=1S/C13H21FN2O/c1-3-6-16(7-4-2)13-12(14)9-11(5-8-17)10-15-13/h9-10,17H,3-8H2,1-2H3. The molecule has 0 atom stereocenters. The third-order valence-corrected chi connectivity index (χ3v) is 2.57. The van der Waals surface area contributed by atoms with Gasteiger partial charge in [0.15, 0.2) is 11.6 Å². The van der Waals surface area contributed by atoms with Crippen molar-refractivity contribution in [3.63, 3.8) is 0 Å². The monoisotopic (exact) mass is 240 g/mol. The number of hydrogen-bond acceptors (Lipinski definition) is 3. The molecule has 0 spiro atoms. The molecule has 1 heterocycles. The van der Waals surface area contributed by atoms with Crippen molar-refractivity contribution in [1.82, 2.24) is 4.98 Å². The molecular formula is C13H21FN2O. The maximum atomic E-state index is 13.9. The van der Waals surface area contributed by atoms with Crippen LogP contribution in [0.5, 0.6) is 0 Å². The van der Waals surface area contributed by atoms with Gasteiger partial charge in [0.2, 0.25) is 0 Å². The first-order valence-corrected chi connectivity index (χ1v) is 6.23. The van der Waals surface area contributed by atoms with Crippen LogP contribution in [0.2, 0.25) is 0 Å². The van der Waals surface area contributed by atoms with Crippen LogP contribution in [0.15, 0.2) is 12.3 Å². The van der Waals surface area contributed by atoms with Gasteiger partial charge in [-0.05, 0) is 30.9 Å². The molecule has 0 aliphatic carbocycles. The highest BCUT2D eigenvalue weighted by Crippen LogP contribution is 2.18.